The second kappa shape index (κ2) is 5.13. The number of aliphatic hydroxyl groups is 1. The smallest absolute Gasteiger partial charge is 0.113 e. The molecule has 0 amide bonds. The third-order valence-electron chi connectivity index (χ3n) is 4.44. The van der Waals surface area contributed by atoms with E-state index in [-0.39, 0.29) is 17.6 Å². The van der Waals surface area contributed by atoms with Gasteiger partial charge in [-0.2, -0.15) is 0 Å². The highest BCUT2D eigenvalue weighted by molar-refractivity contribution is 7.09. The van der Waals surface area contributed by atoms with Crippen molar-refractivity contribution in [2.24, 2.45) is 5.41 Å². The Morgan fingerprint density at radius 1 is 1.42 bits per heavy atom. The quantitative estimate of drug-likeness (QED) is 0.865. The molecule has 1 aromatic heterocycles. The number of thiazole rings is 1. The van der Waals surface area contributed by atoms with Crippen molar-refractivity contribution >= 4 is 11.3 Å². The van der Waals surface area contributed by atoms with E-state index in [0.29, 0.717) is 13.2 Å². The first-order valence-electron chi connectivity index (χ1n) is 7.04. The molecular formula is C14H22N2O2S. The summed E-state index contributed by atoms with van der Waals surface area (Å²) in [4.78, 5) is 4.70. The van der Waals surface area contributed by atoms with E-state index in [0.717, 1.165) is 25.1 Å². The second-order valence-electron chi connectivity index (χ2n) is 6.09. The zero-order valence-electron chi connectivity index (χ0n) is 11.4. The number of hydrogen-bond donors (Lipinski definition) is 2. The third kappa shape index (κ3) is 2.44. The largest absolute Gasteiger partial charge is 0.396 e. The molecule has 0 atom stereocenters. The zero-order chi connectivity index (χ0) is 13.3. The number of rotatable bonds is 5. The lowest BCUT2D eigenvalue weighted by molar-refractivity contribution is -0.136. The number of aryl methyl sites for hydroxylation is 1. The van der Waals surface area contributed by atoms with Gasteiger partial charge in [0.15, 0.2) is 0 Å². The molecule has 0 radical (unpaired) electrons. The summed E-state index contributed by atoms with van der Waals surface area (Å²) in [5.74, 6) is 0. The van der Waals surface area contributed by atoms with Crippen molar-refractivity contribution in [1.82, 2.24) is 10.3 Å². The normalized spacial score (nSPS) is 24.3. The van der Waals surface area contributed by atoms with Gasteiger partial charge in [-0.3, -0.25) is 0 Å². The van der Waals surface area contributed by atoms with Crippen molar-refractivity contribution in [3.05, 3.63) is 16.1 Å². The van der Waals surface area contributed by atoms with Gasteiger partial charge in [0.1, 0.15) is 5.01 Å². The highest BCUT2D eigenvalue weighted by Crippen LogP contribution is 2.41. The minimum Gasteiger partial charge on any atom is -0.396 e. The molecule has 0 bridgehead atoms. The molecule has 19 heavy (non-hydrogen) atoms. The standard InChI is InChI=1S/C14H22N2O2S/c1-11-6-19-12(16-11)14(4-2-3-5-14)15-7-13(8-17)9-18-10-13/h6,15,17H,2-5,7-10H2,1H3. The first kappa shape index (κ1) is 13.5. The maximum absolute atomic E-state index is 9.54. The Morgan fingerprint density at radius 2 is 2.16 bits per heavy atom. The van der Waals surface area contributed by atoms with Gasteiger partial charge in [-0.25, -0.2) is 4.98 Å². The molecule has 1 aliphatic carbocycles. The van der Waals surface area contributed by atoms with Crippen LogP contribution in [0.3, 0.4) is 0 Å². The molecule has 0 unspecified atom stereocenters. The molecule has 1 saturated heterocycles. The number of ether oxygens (including phenoxy) is 1. The van der Waals surface area contributed by atoms with E-state index in [1.165, 1.54) is 17.8 Å². The monoisotopic (exact) mass is 282 g/mol. The highest BCUT2D eigenvalue weighted by atomic mass is 32.1. The van der Waals surface area contributed by atoms with E-state index in [4.69, 9.17) is 9.72 Å². The predicted molar refractivity (Wildman–Crippen MR) is 75.3 cm³/mol. The summed E-state index contributed by atoms with van der Waals surface area (Å²) in [6.45, 7) is 4.42. The fourth-order valence-electron chi connectivity index (χ4n) is 3.02. The Bertz CT molecular complexity index is 431. The molecule has 2 fully saturated rings. The average Bonchev–Trinajstić information content (AvgIpc) is 2.98. The van der Waals surface area contributed by atoms with E-state index in [9.17, 15) is 5.11 Å². The van der Waals surface area contributed by atoms with Crippen molar-refractivity contribution in [3.63, 3.8) is 0 Å². The number of nitrogens with zero attached hydrogens (tertiary/aromatic N) is 1. The van der Waals surface area contributed by atoms with Crippen LogP contribution in [0.4, 0.5) is 0 Å². The minimum absolute atomic E-state index is 0.0384. The molecule has 106 valence electrons. The summed E-state index contributed by atoms with van der Waals surface area (Å²) in [5.41, 5.74) is 1.08. The Morgan fingerprint density at radius 3 is 2.63 bits per heavy atom. The Kier molecular flexibility index (Phi) is 3.64. The lowest BCUT2D eigenvalue weighted by Gasteiger charge is -2.42. The van der Waals surface area contributed by atoms with Gasteiger partial charge >= 0.3 is 0 Å². The zero-order valence-corrected chi connectivity index (χ0v) is 12.3. The van der Waals surface area contributed by atoms with Crippen LogP contribution in [0, 0.1) is 12.3 Å². The van der Waals surface area contributed by atoms with Gasteiger partial charge in [0.25, 0.3) is 0 Å². The highest BCUT2D eigenvalue weighted by Gasteiger charge is 2.43. The van der Waals surface area contributed by atoms with Gasteiger partial charge < -0.3 is 15.2 Å². The van der Waals surface area contributed by atoms with Crippen LogP contribution < -0.4 is 5.32 Å². The molecule has 5 heteroatoms. The maximum Gasteiger partial charge on any atom is 0.113 e. The molecule has 3 rings (SSSR count). The number of hydrogen-bond acceptors (Lipinski definition) is 5. The van der Waals surface area contributed by atoms with Gasteiger partial charge in [-0.1, -0.05) is 12.8 Å². The molecule has 0 spiro atoms. The van der Waals surface area contributed by atoms with Crippen LogP contribution >= 0.6 is 11.3 Å². The van der Waals surface area contributed by atoms with Crippen molar-refractivity contribution in [3.8, 4) is 0 Å². The third-order valence-corrected chi connectivity index (χ3v) is 5.60. The van der Waals surface area contributed by atoms with Crippen LogP contribution in [-0.2, 0) is 10.3 Å². The van der Waals surface area contributed by atoms with Crippen molar-refractivity contribution < 1.29 is 9.84 Å². The Labute approximate surface area is 118 Å². The van der Waals surface area contributed by atoms with E-state index in [1.807, 2.05) is 0 Å². The molecule has 1 saturated carbocycles. The van der Waals surface area contributed by atoms with Crippen LogP contribution in [0.5, 0.6) is 0 Å². The minimum atomic E-state index is -0.0676. The molecule has 0 aromatic carbocycles. The van der Waals surface area contributed by atoms with E-state index >= 15 is 0 Å². The van der Waals surface area contributed by atoms with E-state index in [2.05, 4.69) is 17.6 Å². The summed E-state index contributed by atoms with van der Waals surface area (Å²) in [6.07, 6.45) is 4.83. The Balaban J connectivity index is 1.74. The van der Waals surface area contributed by atoms with Crippen LogP contribution in [-0.4, -0.2) is 36.5 Å². The molecule has 4 nitrogen and oxygen atoms in total. The van der Waals surface area contributed by atoms with Crippen molar-refractivity contribution in [2.75, 3.05) is 26.4 Å². The molecule has 2 N–H and O–H groups in total. The van der Waals surface area contributed by atoms with Gasteiger partial charge in [-0.05, 0) is 19.8 Å². The van der Waals surface area contributed by atoms with Crippen LogP contribution in [0.25, 0.3) is 0 Å². The van der Waals surface area contributed by atoms with Gasteiger partial charge in [0, 0.05) is 17.6 Å². The van der Waals surface area contributed by atoms with Crippen LogP contribution in [0.2, 0.25) is 0 Å². The molecular weight excluding hydrogens is 260 g/mol. The first-order chi connectivity index (χ1) is 9.18. The fraction of sp³-hybridized carbons (Fsp3) is 0.786. The van der Waals surface area contributed by atoms with Gasteiger partial charge in [-0.15, -0.1) is 11.3 Å². The van der Waals surface area contributed by atoms with E-state index in [1.54, 1.807) is 11.3 Å². The lowest BCUT2D eigenvalue weighted by Crippen LogP contribution is -2.56. The topological polar surface area (TPSA) is 54.4 Å². The van der Waals surface area contributed by atoms with Crippen LogP contribution in [0.1, 0.15) is 36.4 Å². The van der Waals surface area contributed by atoms with Crippen LogP contribution in [0.15, 0.2) is 5.38 Å². The lowest BCUT2D eigenvalue weighted by atomic mass is 9.85. The van der Waals surface area contributed by atoms with Crippen molar-refractivity contribution in [1.29, 1.82) is 0 Å². The predicted octanol–water partition coefficient (Wildman–Crippen LogP) is 1.82. The molecule has 2 aliphatic rings. The maximum atomic E-state index is 9.54. The summed E-state index contributed by atoms with van der Waals surface area (Å²) < 4.78 is 5.27. The Hall–Kier alpha value is -0.490. The fourth-order valence-corrected chi connectivity index (χ4v) is 4.05. The molecule has 1 aromatic rings. The first-order valence-corrected chi connectivity index (χ1v) is 7.92. The summed E-state index contributed by atoms with van der Waals surface area (Å²) in [7, 11) is 0. The second-order valence-corrected chi connectivity index (χ2v) is 6.95. The summed E-state index contributed by atoms with van der Waals surface area (Å²) >= 11 is 1.76. The van der Waals surface area contributed by atoms with Gasteiger partial charge in [0.2, 0.25) is 0 Å². The summed E-state index contributed by atoms with van der Waals surface area (Å²) in [6, 6.07) is 0. The number of aliphatic hydroxyl groups excluding tert-OH is 1. The van der Waals surface area contributed by atoms with Gasteiger partial charge in [0.05, 0.1) is 30.8 Å². The SMILES string of the molecule is Cc1csc(C2(NCC3(CO)COC3)CCCC2)n1. The summed E-state index contributed by atoms with van der Waals surface area (Å²) in [5, 5.41) is 16.6. The average molecular weight is 282 g/mol. The molecule has 2 heterocycles. The van der Waals surface area contributed by atoms with Crippen molar-refractivity contribution in [2.45, 2.75) is 38.1 Å². The number of aromatic nitrogens is 1. The van der Waals surface area contributed by atoms with E-state index < -0.39 is 0 Å². The molecule has 1 aliphatic heterocycles. The number of nitrogens with one attached hydrogen (secondary N) is 1.